The minimum Gasteiger partial charge on any atom is -0.361 e. The molecule has 25 heavy (non-hydrogen) atoms. The van der Waals surface area contributed by atoms with Gasteiger partial charge in [0.25, 0.3) is 0 Å². The molecular weight excluding hydrogens is 350 g/mol. The molecule has 0 aliphatic carbocycles. The van der Waals surface area contributed by atoms with Crippen LogP contribution in [0.3, 0.4) is 0 Å². The van der Waals surface area contributed by atoms with Crippen LogP contribution in [0.25, 0.3) is 10.9 Å². The Kier molecular flexibility index (Phi) is 5.88. The molecule has 2 aromatic heterocycles. The van der Waals surface area contributed by atoms with Gasteiger partial charge < -0.3 is 9.30 Å². The third kappa shape index (κ3) is 4.85. The van der Waals surface area contributed by atoms with Gasteiger partial charge in [0.15, 0.2) is 0 Å². The Labute approximate surface area is 157 Å². The molecule has 2 aromatic rings. The molecular formula is C19H30ClN3OSi. The van der Waals surface area contributed by atoms with Crippen LogP contribution in [0.1, 0.15) is 25.5 Å². The molecule has 138 valence electrons. The van der Waals surface area contributed by atoms with Crippen LogP contribution in [0.2, 0.25) is 30.8 Å². The molecule has 1 atom stereocenters. The molecule has 4 nitrogen and oxygen atoms in total. The molecule has 0 radical (unpaired) electrons. The van der Waals surface area contributed by atoms with Crippen LogP contribution >= 0.6 is 11.6 Å². The lowest BCUT2D eigenvalue weighted by Crippen LogP contribution is -2.27. The topological polar surface area (TPSA) is 30.3 Å². The molecule has 6 heteroatoms. The van der Waals surface area contributed by atoms with Crippen molar-refractivity contribution in [3.63, 3.8) is 0 Å². The van der Waals surface area contributed by atoms with E-state index in [1.165, 1.54) is 31.1 Å². The van der Waals surface area contributed by atoms with Crippen molar-refractivity contribution in [2.45, 2.75) is 64.8 Å². The Morgan fingerprint density at radius 2 is 2.12 bits per heavy atom. The fourth-order valence-corrected chi connectivity index (χ4v) is 4.35. The van der Waals surface area contributed by atoms with E-state index in [0.717, 1.165) is 24.1 Å². The summed E-state index contributed by atoms with van der Waals surface area (Å²) in [7, 11) is -1.07. The number of likely N-dealkylation sites (tertiary alicyclic amines) is 1. The number of nitrogens with zero attached hydrogens (tertiary/aromatic N) is 3. The third-order valence-corrected chi connectivity index (χ3v) is 7.02. The Balaban J connectivity index is 1.79. The minimum atomic E-state index is -1.07. The molecule has 0 saturated carbocycles. The van der Waals surface area contributed by atoms with E-state index < -0.39 is 8.07 Å². The second-order valence-electron chi connectivity index (χ2n) is 8.44. The second kappa shape index (κ2) is 7.78. The van der Waals surface area contributed by atoms with Crippen molar-refractivity contribution in [1.29, 1.82) is 0 Å². The van der Waals surface area contributed by atoms with E-state index in [1.807, 2.05) is 12.3 Å². The molecule has 0 N–H and O–H groups in total. The highest BCUT2D eigenvalue weighted by Gasteiger charge is 2.22. The SMILES string of the molecule is C[C@H]1CCCN1Cc1cc2cnc(Cl)cc2n1COCC[Si](C)(C)C. The van der Waals surface area contributed by atoms with E-state index in [4.69, 9.17) is 16.3 Å². The predicted octanol–water partition coefficient (Wildman–Crippen LogP) is 4.99. The van der Waals surface area contributed by atoms with E-state index in [0.29, 0.717) is 17.9 Å². The molecule has 0 bridgehead atoms. The maximum atomic E-state index is 6.14. The van der Waals surface area contributed by atoms with Gasteiger partial charge in [0.1, 0.15) is 11.9 Å². The first-order valence-corrected chi connectivity index (χ1v) is 13.4. The molecule has 0 aromatic carbocycles. The van der Waals surface area contributed by atoms with Gasteiger partial charge in [-0.3, -0.25) is 4.90 Å². The Morgan fingerprint density at radius 1 is 1.32 bits per heavy atom. The van der Waals surface area contributed by atoms with Crippen LogP contribution in [0.4, 0.5) is 0 Å². The molecule has 1 aliphatic rings. The molecule has 0 spiro atoms. The monoisotopic (exact) mass is 379 g/mol. The smallest absolute Gasteiger partial charge is 0.131 e. The van der Waals surface area contributed by atoms with Crippen LogP contribution in [0.5, 0.6) is 0 Å². The number of ether oxygens (including phenoxy) is 1. The van der Waals surface area contributed by atoms with Gasteiger partial charge in [-0.15, -0.1) is 0 Å². The first kappa shape index (κ1) is 18.9. The number of aromatic nitrogens is 2. The molecule has 1 saturated heterocycles. The normalized spacial score (nSPS) is 19.2. The van der Waals surface area contributed by atoms with E-state index in [2.05, 4.69) is 47.1 Å². The van der Waals surface area contributed by atoms with Gasteiger partial charge >= 0.3 is 0 Å². The van der Waals surface area contributed by atoms with E-state index in [-0.39, 0.29) is 0 Å². The Morgan fingerprint density at radius 3 is 2.80 bits per heavy atom. The fourth-order valence-electron chi connectivity index (χ4n) is 3.44. The number of fused-ring (bicyclic) bond motifs is 1. The maximum Gasteiger partial charge on any atom is 0.131 e. The summed E-state index contributed by atoms with van der Waals surface area (Å²) in [6.07, 6.45) is 4.45. The molecule has 0 unspecified atom stereocenters. The van der Waals surface area contributed by atoms with Gasteiger partial charge in [0.05, 0.1) is 5.52 Å². The molecule has 0 amide bonds. The minimum absolute atomic E-state index is 0.537. The second-order valence-corrected chi connectivity index (χ2v) is 14.4. The number of halogens is 1. The van der Waals surface area contributed by atoms with Crippen LogP contribution < -0.4 is 0 Å². The first-order valence-electron chi connectivity index (χ1n) is 9.29. The van der Waals surface area contributed by atoms with Crippen LogP contribution in [-0.2, 0) is 18.0 Å². The van der Waals surface area contributed by atoms with Crippen LogP contribution in [0.15, 0.2) is 18.3 Å². The van der Waals surface area contributed by atoms with Crippen molar-refractivity contribution in [3.05, 3.63) is 29.2 Å². The third-order valence-electron chi connectivity index (χ3n) is 5.11. The lowest BCUT2D eigenvalue weighted by atomic mass is 10.2. The number of rotatable bonds is 7. The zero-order valence-corrected chi connectivity index (χ0v) is 17.6. The summed E-state index contributed by atoms with van der Waals surface area (Å²) >= 11 is 6.14. The standard InChI is InChI=1S/C19H30ClN3OSi/c1-15-6-5-7-22(15)13-17-10-16-12-21-19(20)11-18(16)23(17)14-24-8-9-25(2,3)4/h10-12,15H,5-9,13-14H2,1-4H3/t15-/m0/s1. The predicted molar refractivity (Wildman–Crippen MR) is 108 cm³/mol. The van der Waals surface area contributed by atoms with E-state index in [9.17, 15) is 0 Å². The number of hydrogen-bond donors (Lipinski definition) is 0. The number of pyridine rings is 1. The summed E-state index contributed by atoms with van der Waals surface area (Å²) in [5.41, 5.74) is 2.41. The summed E-state index contributed by atoms with van der Waals surface area (Å²) in [5, 5.41) is 1.68. The van der Waals surface area contributed by atoms with Gasteiger partial charge in [-0.1, -0.05) is 31.2 Å². The lowest BCUT2D eigenvalue weighted by Gasteiger charge is -2.22. The van der Waals surface area contributed by atoms with Gasteiger partial charge in [-0.25, -0.2) is 4.98 Å². The lowest BCUT2D eigenvalue weighted by molar-refractivity contribution is 0.0863. The summed E-state index contributed by atoms with van der Waals surface area (Å²) < 4.78 is 8.33. The quantitative estimate of drug-likeness (QED) is 0.386. The van der Waals surface area contributed by atoms with Crippen molar-refractivity contribution in [2.24, 2.45) is 0 Å². The van der Waals surface area contributed by atoms with Gasteiger partial charge in [0, 0.05) is 44.5 Å². The van der Waals surface area contributed by atoms with Crippen molar-refractivity contribution in [2.75, 3.05) is 13.2 Å². The summed E-state index contributed by atoms with van der Waals surface area (Å²) in [6.45, 7) is 13.0. The molecule has 3 rings (SSSR count). The summed E-state index contributed by atoms with van der Waals surface area (Å²) in [4.78, 5) is 6.80. The van der Waals surface area contributed by atoms with Crippen molar-refractivity contribution in [1.82, 2.24) is 14.5 Å². The van der Waals surface area contributed by atoms with Crippen LogP contribution in [-0.4, -0.2) is 41.7 Å². The summed E-state index contributed by atoms with van der Waals surface area (Å²) in [6, 6.07) is 6.04. The zero-order chi connectivity index (χ0) is 18.0. The highest BCUT2D eigenvalue weighted by Crippen LogP contribution is 2.26. The fraction of sp³-hybridized carbons (Fsp3) is 0.632. The maximum absolute atomic E-state index is 6.14. The Hall–Kier alpha value is -0.883. The van der Waals surface area contributed by atoms with Crippen molar-refractivity contribution < 1.29 is 4.74 Å². The first-order chi connectivity index (χ1) is 11.8. The average Bonchev–Trinajstić information content (AvgIpc) is 3.07. The average molecular weight is 380 g/mol. The van der Waals surface area contributed by atoms with Crippen molar-refractivity contribution >= 4 is 30.6 Å². The van der Waals surface area contributed by atoms with Crippen molar-refractivity contribution in [3.8, 4) is 0 Å². The Bertz CT molecular complexity index is 725. The summed E-state index contributed by atoms with van der Waals surface area (Å²) in [5.74, 6) is 0. The van der Waals surface area contributed by atoms with Crippen LogP contribution in [0, 0.1) is 0 Å². The van der Waals surface area contributed by atoms with Gasteiger partial charge in [-0.2, -0.15) is 0 Å². The highest BCUT2D eigenvalue weighted by atomic mass is 35.5. The van der Waals surface area contributed by atoms with E-state index in [1.54, 1.807) is 0 Å². The number of hydrogen-bond acceptors (Lipinski definition) is 3. The largest absolute Gasteiger partial charge is 0.361 e. The molecule has 3 heterocycles. The van der Waals surface area contributed by atoms with E-state index >= 15 is 0 Å². The van der Waals surface area contributed by atoms with Gasteiger partial charge in [-0.05, 0) is 44.5 Å². The zero-order valence-electron chi connectivity index (χ0n) is 15.9. The molecule has 1 aliphatic heterocycles. The highest BCUT2D eigenvalue weighted by molar-refractivity contribution is 6.76. The van der Waals surface area contributed by atoms with Gasteiger partial charge in [0.2, 0.25) is 0 Å². The molecule has 1 fully saturated rings.